The third kappa shape index (κ3) is 2.95. The van der Waals surface area contributed by atoms with Crippen molar-refractivity contribution in [1.82, 2.24) is 9.38 Å². The Hall–Kier alpha value is -3.93. The summed E-state index contributed by atoms with van der Waals surface area (Å²) in [5.74, 6) is -0.547. The highest BCUT2D eigenvalue weighted by Gasteiger charge is 2.15. The number of imidazole rings is 1. The zero-order valence-electron chi connectivity index (χ0n) is 15.6. The lowest BCUT2D eigenvalue weighted by Crippen LogP contribution is -2.08. The number of rotatable bonds is 3. The summed E-state index contributed by atoms with van der Waals surface area (Å²) in [4.78, 5) is 28.9. The molecule has 5 rings (SSSR count). The molecule has 0 aliphatic carbocycles. The first-order valence-electron chi connectivity index (χ1n) is 9.16. The Balaban J connectivity index is 1.52. The normalized spacial score (nSPS) is 11.3. The second-order valence-corrected chi connectivity index (χ2v) is 6.85. The summed E-state index contributed by atoms with van der Waals surface area (Å²) < 4.78 is 12.7. The lowest BCUT2D eigenvalue weighted by atomic mass is 10.0. The number of esters is 1. The van der Waals surface area contributed by atoms with Crippen molar-refractivity contribution in [2.75, 3.05) is 0 Å². The van der Waals surface area contributed by atoms with E-state index < -0.39 is 11.6 Å². The van der Waals surface area contributed by atoms with Crippen LogP contribution in [0.15, 0.2) is 76.1 Å². The van der Waals surface area contributed by atoms with Crippen LogP contribution in [0.1, 0.15) is 21.7 Å². The van der Waals surface area contributed by atoms with Crippen molar-refractivity contribution in [1.29, 1.82) is 0 Å². The van der Waals surface area contributed by atoms with Gasteiger partial charge in [-0.3, -0.25) is 0 Å². The Morgan fingerprint density at radius 2 is 1.97 bits per heavy atom. The molecule has 6 nitrogen and oxygen atoms in total. The maximum Gasteiger partial charge on any atom is 0.358 e. The molecular weight excluding hydrogens is 368 g/mol. The summed E-state index contributed by atoms with van der Waals surface area (Å²) in [5, 5.41) is 2.71. The van der Waals surface area contributed by atoms with Gasteiger partial charge >= 0.3 is 11.6 Å². The SMILES string of the molecule is Cc1cccc2nc(C(=O)OCc3cc(=O)oc4ccc5ccccc5c34)cn12. The molecule has 0 spiro atoms. The van der Waals surface area contributed by atoms with Crippen LogP contribution in [0, 0.1) is 6.92 Å². The Labute approximate surface area is 165 Å². The molecule has 0 amide bonds. The topological polar surface area (TPSA) is 73.8 Å². The number of carbonyl (C=O) groups excluding carboxylic acids is 1. The maximum atomic E-state index is 12.6. The Kier molecular flexibility index (Phi) is 3.91. The monoisotopic (exact) mass is 384 g/mol. The Morgan fingerprint density at radius 1 is 1.10 bits per heavy atom. The van der Waals surface area contributed by atoms with Gasteiger partial charge in [-0.05, 0) is 35.9 Å². The second kappa shape index (κ2) is 6.60. The van der Waals surface area contributed by atoms with E-state index in [9.17, 15) is 9.59 Å². The third-order valence-electron chi connectivity index (χ3n) is 4.98. The van der Waals surface area contributed by atoms with E-state index in [1.807, 2.05) is 59.9 Å². The van der Waals surface area contributed by atoms with Crippen LogP contribution in [-0.2, 0) is 11.3 Å². The number of hydrogen-bond acceptors (Lipinski definition) is 5. The van der Waals surface area contributed by atoms with Crippen LogP contribution in [0.3, 0.4) is 0 Å². The van der Waals surface area contributed by atoms with E-state index in [0.29, 0.717) is 16.8 Å². The molecule has 0 atom stereocenters. The minimum absolute atomic E-state index is 0.0538. The van der Waals surface area contributed by atoms with Crippen LogP contribution < -0.4 is 5.63 Å². The van der Waals surface area contributed by atoms with Gasteiger partial charge in [0.05, 0.1) is 0 Å². The van der Waals surface area contributed by atoms with Crippen molar-refractivity contribution in [2.45, 2.75) is 13.5 Å². The highest BCUT2D eigenvalue weighted by atomic mass is 16.5. The van der Waals surface area contributed by atoms with Gasteiger partial charge in [-0.25, -0.2) is 14.6 Å². The van der Waals surface area contributed by atoms with Crippen molar-refractivity contribution in [3.05, 3.63) is 94.2 Å². The number of fused-ring (bicyclic) bond motifs is 4. The van der Waals surface area contributed by atoms with Gasteiger partial charge in [0.1, 0.15) is 17.8 Å². The quantitative estimate of drug-likeness (QED) is 0.264. The molecule has 0 aliphatic rings. The summed E-state index contributed by atoms with van der Waals surface area (Å²) in [6.07, 6.45) is 1.65. The highest BCUT2D eigenvalue weighted by molar-refractivity contribution is 6.07. The molecule has 0 saturated heterocycles. The van der Waals surface area contributed by atoms with E-state index >= 15 is 0 Å². The number of ether oxygens (including phenoxy) is 1. The average molecular weight is 384 g/mol. The standard InChI is InChI=1S/C23H16N2O4/c1-14-5-4-8-20-24-18(12-25(14)20)23(27)28-13-16-11-21(26)29-19-10-9-15-6-2-3-7-17(15)22(16)19/h2-12H,13H2,1H3. The van der Waals surface area contributed by atoms with Crippen molar-refractivity contribution < 1.29 is 13.9 Å². The van der Waals surface area contributed by atoms with Crippen molar-refractivity contribution >= 4 is 33.4 Å². The first kappa shape index (κ1) is 17.2. The van der Waals surface area contributed by atoms with E-state index in [1.54, 1.807) is 12.3 Å². The summed E-state index contributed by atoms with van der Waals surface area (Å²) >= 11 is 0. The number of pyridine rings is 1. The van der Waals surface area contributed by atoms with E-state index in [-0.39, 0.29) is 12.3 Å². The average Bonchev–Trinajstić information content (AvgIpc) is 3.17. The molecular formula is C23H16N2O4. The van der Waals surface area contributed by atoms with Gasteiger partial charge in [0.25, 0.3) is 0 Å². The van der Waals surface area contributed by atoms with E-state index in [1.165, 1.54) is 6.07 Å². The number of hydrogen-bond donors (Lipinski definition) is 0. The zero-order chi connectivity index (χ0) is 20.0. The predicted molar refractivity (Wildman–Crippen MR) is 109 cm³/mol. The fourth-order valence-electron chi connectivity index (χ4n) is 3.60. The first-order valence-corrected chi connectivity index (χ1v) is 9.16. The van der Waals surface area contributed by atoms with Crippen LogP contribution in [0.2, 0.25) is 0 Å². The molecule has 0 saturated carbocycles. The molecule has 0 bridgehead atoms. The molecule has 0 aliphatic heterocycles. The number of aromatic nitrogens is 2. The lowest BCUT2D eigenvalue weighted by Gasteiger charge is -2.09. The molecule has 2 aromatic carbocycles. The van der Waals surface area contributed by atoms with Gasteiger partial charge in [-0.15, -0.1) is 0 Å². The maximum absolute atomic E-state index is 12.6. The van der Waals surface area contributed by atoms with Gasteiger partial charge in [0, 0.05) is 28.9 Å². The van der Waals surface area contributed by atoms with Crippen LogP contribution in [-0.4, -0.2) is 15.4 Å². The number of carbonyl (C=O) groups is 1. The minimum atomic E-state index is -0.547. The van der Waals surface area contributed by atoms with Crippen LogP contribution in [0.25, 0.3) is 27.4 Å². The predicted octanol–water partition coefficient (Wildman–Crippen LogP) is 4.26. The largest absolute Gasteiger partial charge is 0.456 e. The van der Waals surface area contributed by atoms with Crippen LogP contribution in [0.5, 0.6) is 0 Å². The Bertz CT molecular complexity index is 1460. The van der Waals surface area contributed by atoms with Gasteiger partial charge in [-0.2, -0.15) is 0 Å². The molecule has 3 aromatic heterocycles. The first-order chi connectivity index (χ1) is 14.1. The molecule has 0 N–H and O–H groups in total. The van der Waals surface area contributed by atoms with Gasteiger partial charge in [0.2, 0.25) is 0 Å². The van der Waals surface area contributed by atoms with Crippen molar-refractivity contribution in [2.24, 2.45) is 0 Å². The minimum Gasteiger partial charge on any atom is -0.456 e. The third-order valence-corrected chi connectivity index (χ3v) is 4.98. The summed E-state index contributed by atoms with van der Waals surface area (Å²) in [7, 11) is 0. The molecule has 0 radical (unpaired) electrons. The number of aryl methyl sites for hydroxylation is 1. The van der Waals surface area contributed by atoms with Crippen molar-refractivity contribution in [3.63, 3.8) is 0 Å². The van der Waals surface area contributed by atoms with E-state index in [0.717, 1.165) is 21.9 Å². The number of benzene rings is 2. The van der Waals surface area contributed by atoms with Gasteiger partial charge in [-0.1, -0.05) is 36.4 Å². The lowest BCUT2D eigenvalue weighted by molar-refractivity contribution is 0.0467. The zero-order valence-corrected chi connectivity index (χ0v) is 15.6. The van der Waals surface area contributed by atoms with Gasteiger partial charge < -0.3 is 13.6 Å². The van der Waals surface area contributed by atoms with Crippen LogP contribution >= 0.6 is 0 Å². The molecule has 142 valence electrons. The molecule has 0 unspecified atom stereocenters. The summed E-state index contributed by atoms with van der Waals surface area (Å²) in [6, 6.07) is 18.5. The van der Waals surface area contributed by atoms with Gasteiger partial charge in [0.15, 0.2) is 5.69 Å². The smallest absolute Gasteiger partial charge is 0.358 e. The van der Waals surface area contributed by atoms with E-state index in [2.05, 4.69) is 4.98 Å². The fourth-order valence-corrected chi connectivity index (χ4v) is 3.60. The summed E-state index contributed by atoms with van der Waals surface area (Å²) in [6.45, 7) is 1.88. The van der Waals surface area contributed by atoms with Crippen molar-refractivity contribution in [3.8, 4) is 0 Å². The molecule has 29 heavy (non-hydrogen) atoms. The Morgan fingerprint density at radius 3 is 2.83 bits per heavy atom. The molecule has 6 heteroatoms. The van der Waals surface area contributed by atoms with E-state index in [4.69, 9.17) is 9.15 Å². The number of nitrogens with zero attached hydrogens (tertiary/aromatic N) is 2. The second-order valence-electron chi connectivity index (χ2n) is 6.85. The molecule has 0 fully saturated rings. The highest BCUT2D eigenvalue weighted by Crippen LogP contribution is 2.28. The van der Waals surface area contributed by atoms with Crippen LogP contribution in [0.4, 0.5) is 0 Å². The fraction of sp³-hybridized carbons (Fsp3) is 0.0870. The molecule has 3 heterocycles. The molecule has 5 aromatic rings. The summed E-state index contributed by atoms with van der Waals surface area (Å²) in [5.41, 5.74) is 2.44.